The van der Waals surface area contributed by atoms with Crippen LogP contribution in [0.25, 0.3) is 0 Å². The molecule has 0 radical (unpaired) electrons. The van der Waals surface area contributed by atoms with Crippen molar-refractivity contribution in [2.24, 2.45) is 5.92 Å². The fraction of sp³-hybridized carbons (Fsp3) is 0.333. The van der Waals surface area contributed by atoms with E-state index < -0.39 is 0 Å². The fourth-order valence-electron chi connectivity index (χ4n) is 0.886. The molecule has 8 heavy (non-hydrogen) atoms. The Morgan fingerprint density at radius 3 is 2.12 bits per heavy atom. The highest BCUT2D eigenvalue weighted by molar-refractivity contribution is 8.20. The van der Waals surface area contributed by atoms with Crippen LogP contribution in [0, 0.1) is 5.92 Å². The molecule has 0 N–H and O–H groups in total. The summed E-state index contributed by atoms with van der Waals surface area (Å²) in [7, 11) is 0. The highest BCUT2D eigenvalue weighted by Crippen LogP contribution is 2.43. The second-order valence-corrected chi connectivity index (χ2v) is 4.28. The third kappa shape index (κ3) is 0.633. The summed E-state index contributed by atoms with van der Waals surface area (Å²) in [6.45, 7) is 0. The molecule has 2 heterocycles. The van der Waals surface area contributed by atoms with Crippen LogP contribution in [0.1, 0.15) is 0 Å². The minimum atomic E-state index is 0.741. The lowest BCUT2D eigenvalue weighted by molar-refractivity contribution is 0.950. The van der Waals surface area contributed by atoms with E-state index in [4.69, 9.17) is 0 Å². The van der Waals surface area contributed by atoms with E-state index in [0.29, 0.717) is 0 Å². The normalized spacial score (nSPS) is 41.0. The molecule has 2 heteroatoms. The Morgan fingerprint density at radius 2 is 1.62 bits per heavy atom. The SMILES string of the molecule is C1=CC2C=CSC2S1. The molecular weight excluding hydrogens is 136 g/mol. The lowest BCUT2D eigenvalue weighted by atomic mass is 10.2. The van der Waals surface area contributed by atoms with Crippen molar-refractivity contribution in [1.29, 1.82) is 0 Å². The predicted molar refractivity (Wildman–Crippen MR) is 40.7 cm³/mol. The van der Waals surface area contributed by atoms with E-state index in [9.17, 15) is 0 Å². The zero-order chi connectivity index (χ0) is 5.40. The molecule has 0 unspecified atom stereocenters. The number of fused-ring (bicyclic) bond motifs is 1. The van der Waals surface area contributed by atoms with Gasteiger partial charge in [0.1, 0.15) is 0 Å². The minimum absolute atomic E-state index is 0.741. The van der Waals surface area contributed by atoms with Crippen molar-refractivity contribution in [3.8, 4) is 0 Å². The van der Waals surface area contributed by atoms with Crippen LogP contribution in [0.5, 0.6) is 0 Å². The molecule has 2 aliphatic rings. The predicted octanol–water partition coefficient (Wildman–Crippen LogP) is 2.45. The molecule has 42 valence electrons. The van der Waals surface area contributed by atoms with Crippen LogP contribution in [-0.2, 0) is 0 Å². The summed E-state index contributed by atoms with van der Waals surface area (Å²) in [5.74, 6) is 0.741. The topological polar surface area (TPSA) is 0 Å². The summed E-state index contributed by atoms with van der Waals surface area (Å²) in [5.41, 5.74) is 0. The van der Waals surface area contributed by atoms with Gasteiger partial charge in [0.15, 0.2) is 0 Å². The maximum absolute atomic E-state index is 2.27. The van der Waals surface area contributed by atoms with Crippen LogP contribution in [-0.4, -0.2) is 4.58 Å². The minimum Gasteiger partial charge on any atom is -0.119 e. The Balaban J connectivity index is 2.22. The molecular formula is C6H6S2. The fourth-order valence-corrected chi connectivity index (χ4v) is 3.11. The molecule has 0 amide bonds. The van der Waals surface area contributed by atoms with E-state index in [1.807, 2.05) is 23.5 Å². The molecule has 2 rings (SSSR count). The quantitative estimate of drug-likeness (QED) is 0.509. The molecule has 0 aromatic rings. The first-order chi connectivity index (χ1) is 3.97. The lowest BCUT2D eigenvalue weighted by Gasteiger charge is -2.02. The van der Waals surface area contributed by atoms with Crippen LogP contribution >= 0.6 is 23.5 Å². The molecule has 0 saturated heterocycles. The molecule has 0 atom stereocenters. The smallest absolute Gasteiger partial charge is 0.0682 e. The van der Waals surface area contributed by atoms with Crippen LogP contribution < -0.4 is 0 Å². The number of hydrogen-bond donors (Lipinski definition) is 0. The van der Waals surface area contributed by atoms with Gasteiger partial charge in [0.25, 0.3) is 0 Å². The number of rotatable bonds is 0. The van der Waals surface area contributed by atoms with Gasteiger partial charge in [-0.15, -0.1) is 23.5 Å². The third-order valence-electron chi connectivity index (χ3n) is 1.34. The Kier molecular flexibility index (Phi) is 1.16. The zero-order valence-electron chi connectivity index (χ0n) is 4.28. The summed E-state index contributed by atoms with van der Waals surface area (Å²) in [6.07, 6.45) is 4.54. The Bertz CT molecular complexity index is 133. The second kappa shape index (κ2) is 1.85. The van der Waals surface area contributed by atoms with Crippen molar-refractivity contribution in [3.63, 3.8) is 0 Å². The molecule has 0 aliphatic carbocycles. The van der Waals surface area contributed by atoms with Gasteiger partial charge in [-0.3, -0.25) is 0 Å². The van der Waals surface area contributed by atoms with Crippen molar-refractivity contribution in [2.45, 2.75) is 4.58 Å². The van der Waals surface area contributed by atoms with Crippen molar-refractivity contribution in [2.75, 3.05) is 0 Å². The lowest BCUT2D eigenvalue weighted by Crippen LogP contribution is -1.96. The van der Waals surface area contributed by atoms with Gasteiger partial charge in [0.2, 0.25) is 0 Å². The first-order valence-electron chi connectivity index (χ1n) is 2.61. The molecule has 0 nitrogen and oxygen atoms in total. The number of thioether (sulfide) groups is 2. The van der Waals surface area contributed by atoms with E-state index in [2.05, 4.69) is 23.0 Å². The molecule has 0 saturated carbocycles. The van der Waals surface area contributed by atoms with E-state index in [1.54, 1.807) is 0 Å². The average molecular weight is 142 g/mol. The molecule has 2 aliphatic heterocycles. The molecule has 0 fully saturated rings. The summed E-state index contributed by atoms with van der Waals surface area (Å²) in [5, 5.41) is 4.40. The van der Waals surface area contributed by atoms with Crippen molar-refractivity contribution in [1.82, 2.24) is 0 Å². The van der Waals surface area contributed by atoms with Crippen molar-refractivity contribution in [3.05, 3.63) is 23.0 Å². The van der Waals surface area contributed by atoms with Gasteiger partial charge in [0, 0.05) is 5.92 Å². The van der Waals surface area contributed by atoms with Crippen molar-refractivity contribution < 1.29 is 0 Å². The number of hydrogen-bond acceptors (Lipinski definition) is 2. The summed E-state index contributed by atoms with van der Waals surface area (Å²) in [4.78, 5) is 0. The van der Waals surface area contributed by atoms with E-state index in [1.165, 1.54) is 0 Å². The molecule has 0 spiro atoms. The standard InChI is InChI=1S/C6H6S2/c1-3-7-6-5(1)2-4-8-6/h1-6H. The van der Waals surface area contributed by atoms with Gasteiger partial charge in [-0.1, -0.05) is 12.2 Å². The van der Waals surface area contributed by atoms with Crippen LogP contribution in [0.15, 0.2) is 23.0 Å². The summed E-state index contributed by atoms with van der Waals surface area (Å²) < 4.78 is 0.787. The van der Waals surface area contributed by atoms with Crippen molar-refractivity contribution >= 4 is 23.5 Å². The first kappa shape index (κ1) is 5.00. The Morgan fingerprint density at radius 1 is 1.00 bits per heavy atom. The van der Waals surface area contributed by atoms with Crippen LogP contribution in [0.4, 0.5) is 0 Å². The molecule has 0 bridgehead atoms. The second-order valence-electron chi connectivity index (χ2n) is 1.87. The zero-order valence-corrected chi connectivity index (χ0v) is 5.91. The third-order valence-corrected chi connectivity index (χ3v) is 3.80. The monoisotopic (exact) mass is 142 g/mol. The summed E-state index contributed by atoms with van der Waals surface area (Å²) >= 11 is 3.87. The highest BCUT2D eigenvalue weighted by Gasteiger charge is 2.24. The maximum atomic E-state index is 2.27. The largest absolute Gasteiger partial charge is 0.119 e. The highest BCUT2D eigenvalue weighted by atomic mass is 32.2. The maximum Gasteiger partial charge on any atom is 0.0682 e. The average Bonchev–Trinajstić information content (AvgIpc) is 2.15. The number of allylic oxidation sites excluding steroid dienone is 2. The summed E-state index contributed by atoms with van der Waals surface area (Å²) in [6, 6.07) is 0. The molecule has 0 aromatic carbocycles. The van der Waals surface area contributed by atoms with Crippen LogP contribution in [0.3, 0.4) is 0 Å². The van der Waals surface area contributed by atoms with Gasteiger partial charge < -0.3 is 0 Å². The van der Waals surface area contributed by atoms with E-state index in [-0.39, 0.29) is 0 Å². The Labute approximate surface area is 57.4 Å². The van der Waals surface area contributed by atoms with E-state index >= 15 is 0 Å². The van der Waals surface area contributed by atoms with Gasteiger partial charge in [0.05, 0.1) is 4.58 Å². The van der Waals surface area contributed by atoms with Gasteiger partial charge >= 0.3 is 0 Å². The first-order valence-corrected chi connectivity index (χ1v) is 4.50. The molecule has 0 aromatic heterocycles. The van der Waals surface area contributed by atoms with E-state index in [0.717, 1.165) is 10.5 Å². The Hall–Kier alpha value is 0.180. The van der Waals surface area contributed by atoms with Gasteiger partial charge in [-0.05, 0) is 10.8 Å². The van der Waals surface area contributed by atoms with Gasteiger partial charge in [-0.2, -0.15) is 0 Å². The van der Waals surface area contributed by atoms with Gasteiger partial charge in [-0.25, -0.2) is 0 Å². The van der Waals surface area contributed by atoms with Crippen LogP contribution in [0.2, 0.25) is 0 Å².